The zero-order valence-electron chi connectivity index (χ0n) is 9.50. The van der Waals surface area contributed by atoms with E-state index in [-0.39, 0.29) is 11.3 Å². The first-order valence-corrected chi connectivity index (χ1v) is 5.33. The Morgan fingerprint density at radius 1 is 1.28 bits per heavy atom. The van der Waals surface area contributed by atoms with E-state index in [1.165, 1.54) is 4.68 Å². The van der Waals surface area contributed by atoms with Gasteiger partial charge in [0.1, 0.15) is 17.3 Å². The number of hydrogen-bond acceptors (Lipinski definition) is 1. The topological polar surface area (TPSA) is 17.8 Å². The number of rotatable bonds is 3. The van der Waals surface area contributed by atoms with E-state index in [1.807, 2.05) is 0 Å². The van der Waals surface area contributed by atoms with Crippen LogP contribution in [0.1, 0.15) is 18.9 Å². The Morgan fingerprint density at radius 3 is 2.61 bits per heavy atom. The van der Waals surface area contributed by atoms with E-state index < -0.39 is 23.6 Å². The van der Waals surface area contributed by atoms with Gasteiger partial charge in [-0.2, -0.15) is 5.10 Å². The minimum Gasteiger partial charge on any atom is -0.272 e. The smallest absolute Gasteiger partial charge is 0.267 e. The van der Waals surface area contributed by atoms with E-state index in [0.717, 1.165) is 24.4 Å². The third kappa shape index (κ3) is 2.23. The Morgan fingerprint density at radius 2 is 2.00 bits per heavy atom. The second-order valence-corrected chi connectivity index (χ2v) is 3.71. The number of halogens is 4. The van der Waals surface area contributed by atoms with Crippen molar-refractivity contribution in [2.24, 2.45) is 0 Å². The largest absolute Gasteiger partial charge is 0.272 e. The standard InChI is InChI=1S/C12H10F4N2/c1-2-18-6-9(12(15)16)11(17-18)8-5-7(13)3-4-10(8)14/h3-6,12H,2H2,1H3. The van der Waals surface area contributed by atoms with Gasteiger partial charge in [-0.25, -0.2) is 17.6 Å². The fourth-order valence-electron chi connectivity index (χ4n) is 1.65. The van der Waals surface area contributed by atoms with E-state index in [9.17, 15) is 17.6 Å². The molecule has 96 valence electrons. The maximum absolute atomic E-state index is 13.6. The van der Waals surface area contributed by atoms with Crippen LogP contribution in [0.25, 0.3) is 11.3 Å². The highest BCUT2D eigenvalue weighted by molar-refractivity contribution is 5.63. The van der Waals surface area contributed by atoms with Crippen LogP contribution in [0.15, 0.2) is 24.4 Å². The number of alkyl halides is 2. The van der Waals surface area contributed by atoms with Gasteiger partial charge in [-0.15, -0.1) is 0 Å². The summed E-state index contributed by atoms with van der Waals surface area (Å²) in [5.74, 6) is -1.47. The van der Waals surface area contributed by atoms with Crippen LogP contribution in [0.3, 0.4) is 0 Å². The molecule has 1 heterocycles. The van der Waals surface area contributed by atoms with Crippen molar-refractivity contribution in [2.75, 3.05) is 0 Å². The van der Waals surface area contributed by atoms with Crippen molar-refractivity contribution >= 4 is 0 Å². The van der Waals surface area contributed by atoms with Crippen LogP contribution in [0, 0.1) is 11.6 Å². The molecule has 0 radical (unpaired) electrons. The zero-order chi connectivity index (χ0) is 13.3. The molecule has 0 fully saturated rings. The molecule has 0 spiro atoms. The van der Waals surface area contributed by atoms with Gasteiger partial charge in [0.25, 0.3) is 6.43 Å². The summed E-state index contributed by atoms with van der Waals surface area (Å²) in [6.07, 6.45) is -1.65. The van der Waals surface area contributed by atoms with Gasteiger partial charge in [0.2, 0.25) is 0 Å². The van der Waals surface area contributed by atoms with Crippen molar-refractivity contribution in [1.82, 2.24) is 9.78 Å². The van der Waals surface area contributed by atoms with Gasteiger partial charge in [-0.3, -0.25) is 4.68 Å². The molecule has 0 unspecified atom stereocenters. The van der Waals surface area contributed by atoms with Crippen LogP contribution < -0.4 is 0 Å². The first kappa shape index (κ1) is 12.6. The first-order valence-electron chi connectivity index (χ1n) is 5.33. The molecule has 1 aromatic heterocycles. The lowest BCUT2D eigenvalue weighted by Crippen LogP contribution is -1.95. The molecule has 1 aromatic carbocycles. The highest BCUT2D eigenvalue weighted by Gasteiger charge is 2.21. The molecule has 0 atom stereocenters. The third-order valence-corrected chi connectivity index (χ3v) is 2.53. The van der Waals surface area contributed by atoms with Gasteiger partial charge in [0.15, 0.2) is 0 Å². The fraction of sp³-hybridized carbons (Fsp3) is 0.250. The summed E-state index contributed by atoms with van der Waals surface area (Å²) in [5, 5.41) is 3.85. The van der Waals surface area contributed by atoms with Gasteiger partial charge >= 0.3 is 0 Å². The summed E-state index contributed by atoms with van der Waals surface area (Å²) in [4.78, 5) is 0. The molecule has 0 aliphatic carbocycles. The van der Waals surface area contributed by atoms with Crippen molar-refractivity contribution in [3.05, 3.63) is 41.6 Å². The summed E-state index contributed by atoms with van der Waals surface area (Å²) in [5.41, 5.74) is -0.872. The molecule has 0 N–H and O–H groups in total. The lowest BCUT2D eigenvalue weighted by molar-refractivity contribution is 0.152. The van der Waals surface area contributed by atoms with Gasteiger partial charge in [-0.05, 0) is 25.1 Å². The van der Waals surface area contributed by atoms with E-state index in [0.29, 0.717) is 6.54 Å². The summed E-state index contributed by atoms with van der Waals surface area (Å²) < 4.78 is 53.5. The Kier molecular flexibility index (Phi) is 3.36. The Balaban J connectivity index is 2.62. The maximum Gasteiger partial charge on any atom is 0.267 e. The van der Waals surface area contributed by atoms with Crippen LogP contribution in [0.2, 0.25) is 0 Å². The third-order valence-electron chi connectivity index (χ3n) is 2.53. The van der Waals surface area contributed by atoms with Crippen molar-refractivity contribution in [2.45, 2.75) is 19.9 Å². The summed E-state index contributed by atoms with van der Waals surface area (Å²) >= 11 is 0. The molecule has 0 bridgehead atoms. The number of benzene rings is 1. The van der Waals surface area contributed by atoms with Gasteiger partial charge in [-0.1, -0.05) is 0 Å². The fourth-order valence-corrected chi connectivity index (χ4v) is 1.65. The van der Waals surface area contributed by atoms with Crippen LogP contribution in [-0.2, 0) is 6.54 Å². The molecule has 2 aromatic rings. The monoisotopic (exact) mass is 258 g/mol. The number of nitrogens with zero attached hydrogens (tertiary/aromatic N) is 2. The minimum absolute atomic E-state index is 0.219. The molecule has 0 amide bonds. The van der Waals surface area contributed by atoms with E-state index >= 15 is 0 Å². The van der Waals surface area contributed by atoms with Crippen LogP contribution in [0.4, 0.5) is 17.6 Å². The Labute approximate surface area is 101 Å². The first-order chi connectivity index (χ1) is 8.52. The molecular weight excluding hydrogens is 248 g/mol. The highest BCUT2D eigenvalue weighted by Crippen LogP contribution is 2.31. The summed E-state index contributed by atoms with van der Waals surface area (Å²) in [7, 11) is 0. The van der Waals surface area contributed by atoms with Gasteiger partial charge < -0.3 is 0 Å². The van der Waals surface area contributed by atoms with Crippen molar-refractivity contribution < 1.29 is 17.6 Å². The van der Waals surface area contributed by atoms with Crippen LogP contribution >= 0.6 is 0 Å². The molecule has 2 nitrogen and oxygen atoms in total. The van der Waals surface area contributed by atoms with E-state index in [1.54, 1.807) is 6.92 Å². The lowest BCUT2D eigenvalue weighted by atomic mass is 10.1. The molecule has 0 aliphatic rings. The normalized spacial score (nSPS) is 11.2. The predicted molar refractivity (Wildman–Crippen MR) is 58.2 cm³/mol. The molecular formula is C12H10F4N2. The zero-order valence-corrected chi connectivity index (χ0v) is 9.50. The van der Waals surface area contributed by atoms with Crippen LogP contribution in [-0.4, -0.2) is 9.78 Å². The summed E-state index contributed by atoms with van der Waals surface area (Å²) in [6.45, 7) is 2.09. The lowest BCUT2D eigenvalue weighted by Gasteiger charge is -2.03. The molecule has 2 rings (SSSR count). The molecule has 18 heavy (non-hydrogen) atoms. The SMILES string of the molecule is CCn1cc(C(F)F)c(-c2cc(F)ccc2F)n1. The van der Waals surface area contributed by atoms with E-state index in [4.69, 9.17) is 0 Å². The summed E-state index contributed by atoms with van der Waals surface area (Å²) in [6, 6.07) is 2.69. The number of aryl methyl sites for hydroxylation is 1. The van der Waals surface area contributed by atoms with Crippen molar-refractivity contribution in [3.63, 3.8) is 0 Å². The Hall–Kier alpha value is -1.85. The average molecular weight is 258 g/mol. The van der Waals surface area contributed by atoms with E-state index in [2.05, 4.69) is 5.10 Å². The molecule has 0 saturated heterocycles. The average Bonchev–Trinajstić information content (AvgIpc) is 2.76. The molecule has 0 saturated carbocycles. The second kappa shape index (κ2) is 4.80. The minimum atomic E-state index is -2.79. The number of aromatic nitrogens is 2. The van der Waals surface area contributed by atoms with Crippen LogP contribution in [0.5, 0.6) is 0 Å². The Bertz CT molecular complexity index is 563. The van der Waals surface area contributed by atoms with Crippen molar-refractivity contribution in [1.29, 1.82) is 0 Å². The van der Waals surface area contributed by atoms with Crippen molar-refractivity contribution in [3.8, 4) is 11.3 Å². The predicted octanol–water partition coefficient (Wildman–Crippen LogP) is 3.79. The van der Waals surface area contributed by atoms with Gasteiger partial charge in [0, 0.05) is 18.3 Å². The maximum atomic E-state index is 13.6. The highest BCUT2D eigenvalue weighted by atomic mass is 19.3. The second-order valence-electron chi connectivity index (χ2n) is 3.71. The molecule has 0 aliphatic heterocycles. The quantitative estimate of drug-likeness (QED) is 0.766. The van der Waals surface area contributed by atoms with Gasteiger partial charge in [0.05, 0.1) is 5.56 Å². The number of hydrogen-bond donors (Lipinski definition) is 0. The molecule has 6 heteroatoms.